The molecule has 2 heterocycles. The van der Waals surface area contributed by atoms with Gasteiger partial charge in [-0.05, 0) is 36.2 Å². The van der Waals surface area contributed by atoms with E-state index >= 15 is 0 Å². The van der Waals surface area contributed by atoms with E-state index in [-0.39, 0.29) is 11.9 Å². The van der Waals surface area contributed by atoms with Gasteiger partial charge < -0.3 is 10.0 Å². The predicted molar refractivity (Wildman–Crippen MR) is 116 cm³/mol. The van der Waals surface area contributed by atoms with Crippen molar-refractivity contribution in [3.05, 3.63) is 71.8 Å². The van der Waals surface area contributed by atoms with Crippen molar-refractivity contribution in [2.75, 3.05) is 19.6 Å². The van der Waals surface area contributed by atoms with Gasteiger partial charge in [0, 0.05) is 19.1 Å². The van der Waals surface area contributed by atoms with Crippen molar-refractivity contribution >= 4 is 21.1 Å². The second-order valence-corrected chi connectivity index (χ2v) is 8.98. The number of nitrogens with zero attached hydrogens (tertiary/aromatic N) is 2. The summed E-state index contributed by atoms with van der Waals surface area (Å²) in [6, 6.07) is 18.6. The smallest absolute Gasteiger partial charge is 0.326 e. The first kappa shape index (κ1) is 20.1. The van der Waals surface area contributed by atoms with E-state index in [4.69, 9.17) is 0 Å². The summed E-state index contributed by atoms with van der Waals surface area (Å²) in [5, 5.41) is 9.85. The molecule has 2 aliphatic rings. The fourth-order valence-corrected chi connectivity index (χ4v) is 5.06. The number of hydrogen-bond acceptors (Lipinski definition) is 3. The van der Waals surface area contributed by atoms with Crippen LogP contribution in [-0.2, 0) is 9.59 Å². The first-order valence-corrected chi connectivity index (χ1v) is 10.8. The summed E-state index contributed by atoms with van der Waals surface area (Å²) in [6.07, 6.45) is 1.60. The Labute approximate surface area is 173 Å². The van der Waals surface area contributed by atoms with Crippen LogP contribution >= 0.6 is 9.24 Å². The Morgan fingerprint density at radius 3 is 2.03 bits per heavy atom. The van der Waals surface area contributed by atoms with E-state index < -0.39 is 17.9 Å². The van der Waals surface area contributed by atoms with Crippen LogP contribution in [-0.4, -0.2) is 64.2 Å². The second-order valence-electron chi connectivity index (χ2n) is 8.03. The number of amides is 1. The SMILES string of the molecule is O=C(O)[C@@H]1C[C@H](N2CC[C@H](P)C2)CN1C(=O)C(c1ccccc1)c1ccccc1. The zero-order valence-corrected chi connectivity index (χ0v) is 17.5. The van der Waals surface area contributed by atoms with E-state index in [0.29, 0.717) is 18.6 Å². The molecule has 0 aromatic heterocycles. The quantitative estimate of drug-likeness (QED) is 0.770. The lowest BCUT2D eigenvalue weighted by molar-refractivity contribution is -0.148. The number of likely N-dealkylation sites (tertiary alicyclic amines) is 2. The van der Waals surface area contributed by atoms with Crippen LogP contribution in [0, 0.1) is 0 Å². The fraction of sp³-hybridized carbons (Fsp3) is 0.391. The van der Waals surface area contributed by atoms with Gasteiger partial charge in [-0.2, -0.15) is 0 Å². The highest BCUT2D eigenvalue weighted by atomic mass is 31.0. The number of aliphatic carboxylic acids is 1. The van der Waals surface area contributed by atoms with Crippen molar-refractivity contribution < 1.29 is 14.7 Å². The molecular formula is C23H27N2O3P. The van der Waals surface area contributed by atoms with Gasteiger partial charge in [-0.25, -0.2) is 4.79 Å². The van der Waals surface area contributed by atoms with Gasteiger partial charge >= 0.3 is 5.97 Å². The molecule has 2 aromatic rings. The predicted octanol–water partition coefficient (Wildman–Crippen LogP) is 2.82. The molecule has 2 fully saturated rings. The Kier molecular flexibility index (Phi) is 5.98. The first-order valence-electron chi connectivity index (χ1n) is 10.2. The molecule has 2 aromatic carbocycles. The molecular weight excluding hydrogens is 383 g/mol. The molecule has 152 valence electrons. The standard InChI is InChI=1S/C23H27N2O3P/c26-22(21(16-7-3-1-4-8-16)17-9-5-2-6-10-17)25-14-18(13-20(25)23(27)28)24-12-11-19(29)15-24/h1-10,18-21H,11-15,29H2,(H,27,28)/t18-,19-,20-/m0/s1. The highest BCUT2D eigenvalue weighted by molar-refractivity contribution is 7.17. The number of hydrogen-bond donors (Lipinski definition) is 1. The van der Waals surface area contributed by atoms with Crippen molar-refractivity contribution in [1.82, 2.24) is 9.80 Å². The number of carbonyl (C=O) groups excluding carboxylic acids is 1. The molecule has 1 N–H and O–H groups in total. The topological polar surface area (TPSA) is 60.9 Å². The Hall–Kier alpha value is -2.23. The minimum absolute atomic E-state index is 0.109. The third-order valence-electron chi connectivity index (χ3n) is 6.13. The minimum Gasteiger partial charge on any atom is -0.480 e. The van der Waals surface area contributed by atoms with Crippen molar-refractivity contribution in [2.45, 2.75) is 36.5 Å². The number of benzene rings is 2. The number of carboxylic acid groups (broad SMARTS) is 1. The lowest BCUT2D eigenvalue weighted by atomic mass is 9.90. The Bertz CT molecular complexity index is 821. The summed E-state index contributed by atoms with van der Waals surface area (Å²) >= 11 is 0. The van der Waals surface area contributed by atoms with Gasteiger partial charge in [0.15, 0.2) is 0 Å². The molecule has 2 saturated heterocycles. The van der Waals surface area contributed by atoms with E-state index in [0.717, 1.165) is 30.6 Å². The van der Waals surface area contributed by atoms with Crippen molar-refractivity contribution in [1.29, 1.82) is 0 Å². The van der Waals surface area contributed by atoms with Crippen LogP contribution in [0.3, 0.4) is 0 Å². The molecule has 4 atom stereocenters. The molecule has 2 aliphatic heterocycles. The van der Waals surface area contributed by atoms with Gasteiger partial charge in [-0.15, -0.1) is 9.24 Å². The normalized spacial score (nSPS) is 24.9. The number of carbonyl (C=O) groups is 2. The summed E-state index contributed by atoms with van der Waals surface area (Å²) in [4.78, 5) is 29.7. The van der Waals surface area contributed by atoms with Crippen molar-refractivity contribution in [3.63, 3.8) is 0 Å². The van der Waals surface area contributed by atoms with E-state index in [1.165, 1.54) is 0 Å². The molecule has 0 radical (unpaired) electrons. The highest BCUT2D eigenvalue weighted by Crippen LogP contribution is 2.33. The molecule has 4 rings (SSSR count). The lowest BCUT2D eigenvalue weighted by Gasteiger charge is -2.28. The van der Waals surface area contributed by atoms with Crippen LogP contribution in [0.1, 0.15) is 29.9 Å². The van der Waals surface area contributed by atoms with E-state index in [1.807, 2.05) is 60.7 Å². The third kappa shape index (κ3) is 4.22. The van der Waals surface area contributed by atoms with Crippen LogP contribution in [0.4, 0.5) is 0 Å². The summed E-state index contributed by atoms with van der Waals surface area (Å²) in [5.74, 6) is -1.53. The van der Waals surface area contributed by atoms with Crippen LogP contribution in [0.2, 0.25) is 0 Å². The van der Waals surface area contributed by atoms with Crippen molar-refractivity contribution in [2.24, 2.45) is 0 Å². The van der Waals surface area contributed by atoms with E-state index in [2.05, 4.69) is 14.1 Å². The summed E-state index contributed by atoms with van der Waals surface area (Å²) in [5.41, 5.74) is 2.33. The van der Waals surface area contributed by atoms with Crippen LogP contribution in [0.25, 0.3) is 0 Å². The van der Waals surface area contributed by atoms with Gasteiger partial charge in [-0.3, -0.25) is 9.69 Å². The molecule has 29 heavy (non-hydrogen) atoms. The molecule has 0 bridgehead atoms. The average Bonchev–Trinajstić information content (AvgIpc) is 3.36. The van der Waals surface area contributed by atoms with Gasteiger partial charge in [0.1, 0.15) is 6.04 Å². The van der Waals surface area contributed by atoms with E-state index in [1.54, 1.807) is 4.90 Å². The third-order valence-corrected chi connectivity index (χ3v) is 6.68. The zero-order chi connectivity index (χ0) is 20.4. The molecule has 0 aliphatic carbocycles. The Morgan fingerprint density at radius 2 is 1.55 bits per heavy atom. The molecule has 6 heteroatoms. The summed E-state index contributed by atoms with van der Waals surface area (Å²) in [6.45, 7) is 2.39. The number of carboxylic acids is 1. The Morgan fingerprint density at radius 1 is 0.966 bits per heavy atom. The second kappa shape index (κ2) is 8.64. The minimum atomic E-state index is -0.914. The Balaban J connectivity index is 1.64. The van der Waals surface area contributed by atoms with Gasteiger partial charge in [-0.1, -0.05) is 60.7 Å². The zero-order valence-electron chi connectivity index (χ0n) is 16.4. The lowest BCUT2D eigenvalue weighted by Crippen LogP contribution is -2.44. The molecule has 1 unspecified atom stereocenters. The maximum atomic E-state index is 13.7. The fourth-order valence-electron chi connectivity index (χ4n) is 4.64. The van der Waals surface area contributed by atoms with Crippen LogP contribution in [0.15, 0.2) is 60.7 Å². The summed E-state index contributed by atoms with van der Waals surface area (Å²) in [7, 11) is 2.87. The highest BCUT2D eigenvalue weighted by Gasteiger charge is 2.44. The maximum absolute atomic E-state index is 13.7. The van der Waals surface area contributed by atoms with Crippen LogP contribution in [0.5, 0.6) is 0 Å². The largest absolute Gasteiger partial charge is 0.480 e. The first-order chi connectivity index (χ1) is 14.0. The van der Waals surface area contributed by atoms with Gasteiger partial charge in [0.05, 0.1) is 5.92 Å². The van der Waals surface area contributed by atoms with Crippen LogP contribution < -0.4 is 0 Å². The van der Waals surface area contributed by atoms with E-state index in [9.17, 15) is 14.7 Å². The molecule has 0 spiro atoms. The molecule has 0 saturated carbocycles. The maximum Gasteiger partial charge on any atom is 0.326 e. The molecule has 5 nitrogen and oxygen atoms in total. The average molecular weight is 410 g/mol. The molecule has 1 amide bonds. The van der Waals surface area contributed by atoms with Crippen molar-refractivity contribution in [3.8, 4) is 0 Å². The van der Waals surface area contributed by atoms with Gasteiger partial charge in [0.25, 0.3) is 0 Å². The number of rotatable bonds is 5. The van der Waals surface area contributed by atoms with Gasteiger partial charge in [0.2, 0.25) is 5.91 Å². The monoisotopic (exact) mass is 410 g/mol. The summed E-state index contributed by atoms with van der Waals surface area (Å²) < 4.78 is 0.